The fourth-order valence-corrected chi connectivity index (χ4v) is 3.24. The summed E-state index contributed by atoms with van der Waals surface area (Å²) in [4.78, 5) is 38.0. The van der Waals surface area contributed by atoms with Crippen molar-refractivity contribution in [1.29, 1.82) is 0 Å². The van der Waals surface area contributed by atoms with E-state index in [0.717, 1.165) is 4.90 Å². The minimum absolute atomic E-state index is 0.0900. The zero-order valence-electron chi connectivity index (χ0n) is 13.8. The second-order valence-corrected chi connectivity index (χ2v) is 6.70. The predicted octanol–water partition coefficient (Wildman–Crippen LogP) is 4.32. The number of halogens is 3. The number of carbonyl (C=O) groups excluding carboxylic acids is 3. The molecule has 0 spiro atoms. The Balaban J connectivity index is 2.03. The van der Waals surface area contributed by atoms with E-state index in [1.807, 2.05) is 0 Å². The molecule has 6 nitrogen and oxygen atoms in total. The summed E-state index contributed by atoms with van der Waals surface area (Å²) < 4.78 is 5.07. The van der Waals surface area contributed by atoms with Gasteiger partial charge in [0.1, 0.15) is 11.3 Å². The number of imide groups is 2. The van der Waals surface area contributed by atoms with Crippen molar-refractivity contribution < 1.29 is 19.1 Å². The Morgan fingerprint density at radius 2 is 1.74 bits per heavy atom. The van der Waals surface area contributed by atoms with E-state index >= 15 is 0 Å². The number of hydrogen-bond donors (Lipinski definition) is 1. The second-order valence-electron chi connectivity index (χ2n) is 5.45. The highest BCUT2D eigenvalue weighted by atomic mass is 35.5. The molecule has 1 saturated heterocycles. The van der Waals surface area contributed by atoms with E-state index in [-0.39, 0.29) is 16.3 Å². The number of ether oxygens (including phenoxy) is 1. The van der Waals surface area contributed by atoms with Gasteiger partial charge in [0.2, 0.25) is 0 Å². The Bertz CT molecular complexity index is 1000. The molecule has 2 aromatic carbocycles. The number of urea groups is 1. The van der Waals surface area contributed by atoms with Crippen molar-refractivity contribution in [3.8, 4) is 5.75 Å². The number of amides is 4. The van der Waals surface area contributed by atoms with Gasteiger partial charge >= 0.3 is 6.03 Å². The van der Waals surface area contributed by atoms with Crippen molar-refractivity contribution in [1.82, 2.24) is 5.32 Å². The van der Waals surface area contributed by atoms with E-state index in [9.17, 15) is 14.4 Å². The first-order valence-corrected chi connectivity index (χ1v) is 8.65. The van der Waals surface area contributed by atoms with Crippen LogP contribution in [-0.2, 0) is 9.59 Å². The van der Waals surface area contributed by atoms with Crippen LogP contribution in [0.15, 0.2) is 42.0 Å². The predicted molar refractivity (Wildman–Crippen MR) is 103 cm³/mol. The summed E-state index contributed by atoms with van der Waals surface area (Å²) in [6.07, 6.45) is 1.33. The molecule has 1 N–H and O–H groups in total. The summed E-state index contributed by atoms with van der Waals surface area (Å²) in [5.41, 5.74) is 0.340. The Morgan fingerprint density at radius 3 is 2.37 bits per heavy atom. The van der Waals surface area contributed by atoms with Gasteiger partial charge in [0.25, 0.3) is 11.8 Å². The third-order valence-electron chi connectivity index (χ3n) is 3.74. The van der Waals surface area contributed by atoms with Crippen molar-refractivity contribution in [3.05, 3.63) is 62.6 Å². The number of hydrogen-bond acceptors (Lipinski definition) is 4. The molecule has 1 aliphatic rings. The molecule has 0 bridgehead atoms. The number of nitrogens with one attached hydrogen (secondary N) is 1. The van der Waals surface area contributed by atoms with E-state index in [1.54, 1.807) is 12.1 Å². The molecule has 1 aliphatic heterocycles. The lowest BCUT2D eigenvalue weighted by molar-refractivity contribution is -0.122. The van der Waals surface area contributed by atoms with Gasteiger partial charge in [-0.2, -0.15) is 0 Å². The molecule has 0 atom stereocenters. The minimum atomic E-state index is -0.904. The van der Waals surface area contributed by atoms with Crippen LogP contribution in [0.1, 0.15) is 5.56 Å². The summed E-state index contributed by atoms with van der Waals surface area (Å²) >= 11 is 18.0. The summed E-state index contributed by atoms with van der Waals surface area (Å²) in [6.45, 7) is 0. The van der Waals surface area contributed by atoms with Crippen LogP contribution in [0.3, 0.4) is 0 Å². The summed E-state index contributed by atoms with van der Waals surface area (Å²) in [5.74, 6) is -1.19. The van der Waals surface area contributed by atoms with Crippen molar-refractivity contribution in [2.75, 3.05) is 12.0 Å². The summed E-state index contributed by atoms with van der Waals surface area (Å²) in [5, 5.41) is 2.86. The standard InChI is InChI=1S/C18H11Cl3N2O4/c1-27-15-5-2-9(7-13(15)21)6-11-16(24)22-18(26)23(17(11)25)14-4-3-10(19)8-12(14)20/h2-8H,1H3,(H,22,24,26). The molecule has 3 rings (SSSR count). The van der Waals surface area contributed by atoms with Crippen LogP contribution >= 0.6 is 34.8 Å². The molecule has 27 heavy (non-hydrogen) atoms. The van der Waals surface area contributed by atoms with Gasteiger partial charge in [-0.25, -0.2) is 9.69 Å². The van der Waals surface area contributed by atoms with E-state index in [1.165, 1.54) is 37.5 Å². The fourth-order valence-electron chi connectivity index (χ4n) is 2.48. The largest absolute Gasteiger partial charge is 0.495 e. The lowest BCUT2D eigenvalue weighted by Crippen LogP contribution is -2.54. The second kappa shape index (κ2) is 7.60. The smallest absolute Gasteiger partial charge is 0.335 e. The molecular weight excluding hydrogens is 415 g/mol. The van der Waals surface area contributed by atoms with E-state index in [4.69, 9.17) is 39.5 Å². The van der Waals surface area contributed by atoms with Gasteiger partial charge < -0.3 is 4.74 Å². The summed E-state index contributed by atoms with van der Waals surface area (Å²) in [6, 6.07) is 8.13. The van der Waals surface area contributed by atoms with Crippen LogP contribution in [-0.4, -0.2) is 25.0 Å². The third-order valence-corrected chi connectivity index (χ3v) is 4.57. The van der Waals surface area contributed by atoms with E-state index < -0.39 is 17.8 Å². The highest BCUT2D eigenvalue weighted by molar-refractivity contribution is 6.42. The topological polar surface area (TPSA) is 75.7 Å². The Morgan fingerprint density at radius 1 is 1.00 bits per heavy atom. The fraction of sp³-hybridized carbons (Fsp3) is 0.0556. The Hall–Kier alpha value is -2.54. The zero-order chi connectivity index (χ0) is 19.7. The van der Waals surface area contributed by atoms with Gasteiger partial charge in [-0.15, -0.1) is 0 Å². The molecule has 0 aromatic heterocycles. The number of methoxy groups -OCH3 is 1. The van der Waals surface area contributed by atoms with Gasteiger partial charge in [0.05, 0.1) is 22.8 Å². The highest BCUT2D eigenvalue weighted by Gasteiger charge is 2.37. The molecule has 2 aromatic rings. The molecule has 4 amide bonds. The molecule has 1 fully saturated rings. The van der Waals surface area contributed by atoms with Crippen LogP contribution in [0.4, 0.5) is 10.5 Å². The maximum atomic E-state index is 12.8. The monoisotopic (exact) mass is 424 g/mol. The first kappa shape index (κ1) is 19.2. The van der Waals surface area contributed by atoms with Gasteiger partial charge in [0, 0.05) is 5.02 Å². The van der Waals surface area contributed by atoms with E-state index in [0.29, 0.717) is 21.4 Å². The van der Waals surface area contributed by atoms with Gasteiger partial charge in [0.15, 0.2) is 0 Å². The SMILES string of the molecule is COc1ccc(C=C2C(=O)NC(=O)N(c3ccc(Cl)cc3Cl)C2=O)cc1Cl. The van der Waals surface area contributed by atoms with Gasteiger partial charge in [-0.05, 0) is 42.0 Å². The maximum absolute atomic E-state index is 12.8. The van der Waals surface area contributed by atoms with Crippen molar-refractivity contribution >= 4 is 64.4 Å². The molecule has 0 saturated carbocycles. The lowest BCUT2D eigenvalue weighted by atomic mass is 10.1. The normalized spacial score (nSPS) is 15.9. The summed E-state index contributed by atoms with van der Waals surface area (Å²) in [7, 11) is 1.47. The third kappa shape index (κ3) is 3.78. The molecule has 9 heteroatoms. The molecule has 0 unspecified atom stereocenters. The minimum Gasteiger partial charge on any atom is -0.495 e. The number of anilines is 1. The van der Waals surface area contributed by atoms with Crippen LogP contribution in [0.25, 0.3) is 6.08 Å². The molecule has 1 heterocycles. The molecule has 138 valence electrons. The van der Waals surface area contributed by atoms with Crippen molar-refractivity contribution in [3.63, 3.8) is 0 Å². The first-order valence-electron chi connectivity index (χ1n) is 7.52. The molecule has 0 radical (unpaired) electrons. The Labute approximate surface area is 169 Å². The average molecular weight is 426 g/mol. The number of barbiturate groups is 1. The van der Waals surface area contributed by atoms with Crippen LogP contribution < -0.4 is 15.0 Å². The quantitative estimate of drug-likeness (QED) is 0.587. The Kier molecular flexibility index (Phi) is 5.41. The van der Waals surface area contributed by atoms with Crippen LogP contribution in [0.2, 0.25) is 15.1 Å². The van der Waals surface area contributed by atoms with E-state index in [2.05, 4.69) is 5.32 Å². The molecule has 0 aliphatic carbocycles. The maximum Gasteiger partial charge on any atom is 0.335 e. The molecular formula is C18H11Cl3N2O4. The zero-order valence-corrected chi connectivity index (χ0v) is 16.0. The highest BCUT2D eigenvalue weighted by Crippen LogP contribution is 2.32. The van der Waals surface area contributed by atoms with Crippen molar-refractivity contribution in [2.45, 2.75) is 0 Å². The van der Waals surface area contributed by atoms with Crippen LogP contribution in [0.5, 0.6) is 5.75 Å². The first-order chi connectivity index (χ1) is 12.8. The average Bonchev–Trinajstić information content (AvgIpc) is 2.60. The van der Waals surface area contributed by atoms with Gasteiger partial charge in [-0.3, -0.25) is 14.9 Å². The number of rotatable bonds is 3. The number of carbonyl (C=O) groups is 3. The van der Waals surface area contributed by atoms with Gasteiger partial charge in [-0.1, -0.05) is 40.9 Å². The van der Waals surface area contributed by atoms with Crippen molar-refractivity contribution in [2.24, 2.45) is 0 Å². The van der Waals surface area contributed by atoms with Crippen LogP contribution in [0, 0.1) is 0 Å². The number of nitrogens with zero attached hydrogens (tertiary/aromatic N) is 1. The number of benzene rings is 2. The lowest BCUT2D eigenvalue weighted by Gasteiger charge is -2.27.